The molecule has 0 spiro atoms. The molecule has 0 bridgehead atoms. The number of hydrogen-bond donors (Lipinski definition) is 1. The minimum atomic E-state index is -0.114. The molecule has 0 aliphatic carbocycles. The van der Waals surface area contributed by atoms with Crippen LogP contribution in [0.25, 0.3) is 16.8 Å². The molecule has 0 atom stereocenters. The predicted octanol–water partition coefficient (Wildman–Crippen LogP) is 3.95. The summed E-state index contributed by atoms with van der Waals surface area (Å²) in [5.41, 5.74) is 5.33. The number of pyridine rings is 2. The molecule has 1 N–H and O–H groups in total. The summed E-state index contributed by atoms with van der Waals surface area (Å²) in [6.45, 7) is 5.11. The highest BCUT2D eigenvalue weighted by Gasteiger charge is 2.13. The van der Waals surface area contributed by atoms with Gasteiger partial charge in [0.2, 0.25) is 0 Å². The Morgan fingerprint density at radius 3 is 2.58 bits per heavy atom. The summed E-state index contributed by atoms with van der Waals surface area (Å²) in [4.78, 5) is 17.1. The van der Waals surface area contributed by atoms with Crippen LogP contribution in [0.15, 0.2) is 72.2 Å². The quantitative estimate of drug-likeness (QED) is 0.495. The van der Waals surface area contributed by atoms with E-state index in [1.54, 1.807) is 33.9 Å². The van der Waals surface area contributed by atoms with Crippen molar-refractivity contribution in [1.29, 1.82) is 0 Å². The van der Waals surface area contributed by atoms with Gasteiger partial charge in [0.1, 0.15) is 5.75 Å². The van der Waals surface area contributed by atoms with E-state index in [0.29, 0.717) is 13.2 Å². The summed E-state index contributed by atoms with van der Waals surface area (Å²) < 4.78 is 9.01. The molecular weight excluding hydrogens is 390 g/mol. The first-order valence-corrected chi connectivity index (χ1v) is 10.2. The Labute approximate surface area is 181 Å². The van der Waals surface area contributed by atoms with Gasteiger partial charge in [-0.25, -0.2) is 0 Å². The lowest BCUT2D eigenvalue weighted by Crippen LogP contribution is -2.19. The molecule has 3 aromatic heterocycles. The Kier molecular flexibility index (Phi) is 5.84. The van der Waals surface area contributed by atoms with Crippen LogP contribution in [0.1, 0.15) is 18.1 Å². The van der Waals surface area contributed by atoms with E-state index in [9.17, 15) is 4.79 Å². The number of anilines is 1. The first-order valence-electron chi connectivity index (χ1n) is 10.2. The summed E-state index contributed by atoms with van der Waals surface area (Å²) in [5.74, 6) is 0.792. The van der Waals surface area contributed by atoms with Gasteiger partial charge in [-0.05, 0) is 55.3 Å². The number of nitrogens with one attached hydrogen (secondary N) is 1. The molecule has 0 saturated heterocycles. The molecule has 158 valence electrons. The Balaban J connectivity index is 1.77. The molecule has 0 radical (unpaired) electrons. The minimum absolute atomic E-state index is 0.114. The van der Waals surface area contributed by atoms with Crippen molar-refractivity contribution in [1.82, 2.24) is 19.3 Å². The van der Waals surface area contributed by atoms with E-state index in [1.165, 1.54) is 0 Å². The lowest BCUT2D eigenvalue weighted by molar-refractivity contribution is 0.340. The normalized spacial score (nSPS) is 10.8. The van der Waals surface area contributed by atoms with E-state index in [-0.39, 0.29) is 5.56 Å². The number of aromatic nitrogens is 4. The fraction of sp³-hybridized carbons (Fsp3) is 0.208. The van der Waals surface area contributed by atoms with Crippen molar-refractivity contribution in [3.05, 3.63) is 88.9 Å². The van der Waals surface area contributed by atoms with Crippen LogP contribution < -0.4 is 15.6 Å². The average molecular weight is 415 g/mol. The van der Waals surface area contributed by atoms with Crippen LogP contribution >= 0.6 is 0 Å². The van der Waals surface area contributed by atoms with Gasteiger partial charge in [-0.15, -0.1) is 0 Å². The first-order chi connectivity index (χ1) is 15.0. The summed E-state index contributed by atoms with van der Waals surface area (Å²) in [6.07, 6.45) is 9.12. The van der Waals surface area contributed by atoms with E-state index in [4.69, 9.17) is 4.74 Å². The molecule has 1 aromatic carbocycles. The topological polar surface area (TPSA) is 74.0 Å². The summed E-state index contributed by atoms with van der Waals surface area (Å²) in [7, 11) is 1.88. The van der Waals surface area contributed by atoms with E-state index < -0.39 is 0 Å². The highest BCUT2D eigenvalue weighted by molar-refractivity contribution is 5.76. The third-order valence-corrected chi connectivity index (χ3v) is 5.04. The largest absolute Gasteiger partial charge is 0.494 e. The van der Waals surface area contributed by atoms with E-state index in [0.717, 1.165) is 39.4 Å². The van der Waals surface area contributed by atoms with Crippen LogP contribution in [-0.4, -0.2) is 25.9 Å². The molecule has 0 fully saturated rings. The molecule has 4 aromatic rings. The molecule has 0 saturated carbocycles. The highest BCUT2D eigenvalue weighted by Crippen LogP contribution is 2.28. The number of aryl methyl sites for hydroxylation is 2. The fourth-order valence-electron chi connectivity index (χ4n) is 3.51. The molecule has 31 heavy (non-hydrogen) atoms. The first kappa shape index (κ1) is 20.4. The molecule has 0 amide bonds. The van der Waals surface area contributed by atoms with Crippen molar-refractivity contribution in [2.24, 2.45) is 7.05 Å². The van der Waals surface area contributed by atoms with Gasteiger partial charge in [0.25, 0.3) is 5.56 Å². The Morgan fingerprint density at radius 1 is 1.10 bits per heavy atom. The van der Waals surface area contributed by atoms with Crippen LogP contribution in [0.5, 0.6) is 5.75 Å². The lowest BCUT2D eigenvalue weighted by atomic mass is 10.1. The zero-order valence-corrected chi connectivity index (χ0v) is 17.9. The summed E-state index contributed by atoms with van der Waals surface area (Å²) in [6, 6.07) is 11.3. The fourth-order valence-corrected chi connectivity index (χ4v) is 3.51. The average Bonchev–Trinajstić information content (AvgIpc) is 3.20. The summed E-state index contributed by atoms with van der Waals surface area (Å²) >= 11 is 0. The lowest BCUT2D eigenvalue weighted by Gasteiger charge is -2.16. The second-order valence-corrected chi connectivity index (χ2v) is 7.30. The zero-order valence-electron chi connectivity index (χ0n) is 17.9. The molecule has 0 unspecified atom stereocenters. The van der Waals surface area contributed by atoms with Crippen LogP contribution in [0.3, 0.4) is 0 Å². The number of ether oxygens (including phenoxy) is 1. The van der Waals surface area contributed by atoms with E-state index in [1.807, 2.05) is 63.6 Å². The van der Waals surface area contributed by atoms with Crippen LogP contribution in [0.2, 0.25) is 0 Å². The van der Waals surface area contributed by atoms with Crippen molar-refractivity contribution in [3.8, 4) is 22.6 Å². The van der Waals surface area contributed by atoms with Gasteiger partial charge in [0.15, 0.2) is 0 Å². The van der Waals surface area contributed by atoms with Gasteiger partial charge < -0.3 is 10.1 Å². The second kappa shape index (κ2) is 8.87. The Morgan fingerprint density at radius 2 is 1.90 bits per heavy atom. The van der Waals surface area contributed by atoms with E-state index >= 15 is 0 Å². The maximum atomic E-state index is 13.1. The van der Waals surface area contributed by atoms with Gasteiger partial charge in [-0.2, -0.15) is 5.10 Å². The minimum Gasteiger partial charge on any atom is -0.494 e. The maximum Gasteiger partial charge on any atom is 0.257 e. The molecule has 7 heteroatoms. The highest BCUT2D eigenvalue weighted by atomic mass is 16.5. The van der Waals surface area contributed by atoms with Gasteiger partial charge in [0, 0.05) is 61.3 Å². The number of hydrogen-bond acceptors (Lipinski definition) is 5. The number of benzene rings is 1. The van der Waals surface area contributed by atoms with Gasteiger partial charge >= 0.3 is 0 Å². The molecule has 3 heterocycles. The third-order valence-electron chi connectivity index (χ3n) is 5.04. The molecule has 0 aliphatic heterocycles. The van der Waals surface area contributed by atoms with Crippen molar-refractivity contribution in [3.63, 3.8) is 0 Å². The van der Waals surface area contributed by atoms with Crippen molar-refractivity contribution >= 4 is 5.69 Å². The van der Waals surface area contributed by atoms with E-state index in [2.05, 4.69) is 15.4 Å². The van der Waals surface area contributed by atoms with Crippen molar-refractivity contribution < 1.29 is 4.74 Å². The van der Waals surface area contributed by atoms with Crippen LogP contribution in [0, 0.1) is 6.92 Å². The molecular formula is C24H25N5O2. The van der Waals surface area contributed by atoms with Gasteiger partial charge in [-0.1, -0.05) is 0 Å². The Hall–Kier alpha value is -3.87. The number of rotatable bonds is 7. The monoisotopic (exact) mass is 415 g/mol. The molecule has 7 nitrogen and oxygen atoms in total. The Bertz CT molecular complexity index is 1240. The standard InChI is InChI=1S/C24H25N5O2/c1-4-31-20-5-6-23(17(2)11-20)29-16-21(19-14-27-28(3)15-19)22(12-24(29)30)26-13-18-7-9-25-10-8-18/h5-12,14-16,26H,4,13H2,1-3H3. The number of nitrogens with zero attached hydrogens (tertiary/aromatic N) is 4. The SMILES string of the molecule is CCOc1ccc(-n2cc(-c3cnn(C)c3)c(NCc3ccncc3)cc2=O)c(C)c1. The predicted molar refractivity (Wildman–Crippen MR) is 122 cm³/mol. The zero-order chi connectivity index (χ0) is 21.8. The van der Waals surface area contributed by atoms with Gasteiger partial charge in [-0.3, -0.25) is 19.0 Å². The van der Waals surface area contributed by atoms with Gasteiger partial charge in [0.05, 0.1) is 18.5 Å². The second-order valence-electron chi connectivity index (χ2n) is 7.30. The maximum absolute atomic E-state index is 13.1. The summed E-state index contributed by atoms with van der Waals surface area (Å²) in [5, 5.41) is 7.70. The third kappa shape index (κ3) is 4.50. The van der Waals surface area contributed by atoms with Crippen molar-refractivity contribution in [2.75, 3.05) is 11.9 Å². The van der Waals surface area contributed by atoms with Crippen LogP contribution in [-0.2, 0) is 13.6 Å². The smallest absolute Gasteiger partial charge is 0.257 e. The van der Waals surface area contributed by atoms with Crippen LogP contribution in [0.4, 0.5) is 5.69 Å². The van der Waals surface area contributed by atoms with Crippen molar-refractivity contribution in [2.45, 2.75) is 20.4 Å². The molecule has 0 aliphatic rings. The molecule has 4 rings (SSSR count).